The predicted molar refractivity (Wildman–Crippen MR) is 69.1 cm³/mol. The number of aromatic nitrogens is 1. The molecule has 1 aliphatic carbocycles. The number of nitrogens with zero attached hydrogens (tertiary/aromatic N) is 1. The SMILES string of the molecule is O=C(NC1CCNC1)c1cc(Br)cn1C1CC1. The molecule has 1 aromatic rings. The van der Waals surface area contributed by atoms with Crippen LogP contribution < -0.4 is 10.6 Å². The van der Waals surface area contributed by atoms with Crippen LogP contribution in [0.2, 0.25) is 0 Å². The molecule has 1 unspecified atom stereocenters. The van der Waals surface area contributed by atoms with E-state index in [-0.39, 0.29) is 11.9 Å². The van der Waals surface area contributed by atoms with Gasteiger partial charge in [0, 0.05) is 29.3 Å². The molecule has 92 valence electrons. The maximum atomic E-state index is 12.2. The predicted octanol–water partition coefficient (Wildman–Crippen LogP) is 1.68. The van der Waals surface area contributed by atoms with Crippen LogP contribution in [-0.4, -0.2) is 29.6 Å². The highest BCUT2D eigenvalue weighted by molar-refractivity contribution is 9.10. The zero-order chi connectivity index (χ0) is 11.8. The van der Waals surface area contributed by atoms with E-state index in [1.54, 1.807) is 0 Å². The Morgan fingerprint density at radius 1 is 1.47 bits per heavy atom. The topological polar surface area (TPSA) is 46.1 Å². The summed E-state index contributed by atoms with van der Waals surface area (Å²) in [7, 11) is 0. The first-order valence-corrected chi connectivity index (χ1v) is 6.92. The van der Waals surface area contributed by atoms with Crippen molar-refractivity contribution in [3.8, 4) is 0 Å². The molecular formula is C12H16BrN3O. The van der Waals surface area contributed by atoms with Crippen molar-refractivity contribution in [2.24, 2.45) is 0 Å². The number of nitrogens with one attached hydrogen (secondary N) is 2. The number of carbonyl (C=O) groups is 1. The molecule has 4 nitrogen and oxygen atoms in total. The standard InChI is InChI=1S/C12H16BrN3O/c13-8-5-11(16(7-8)10-1-2-10)12(17)15-9-3-4-14-6-9/h5,7,9-10,14H,1-4,6H2,(H,15,17). The first-order valence-electron chi connectivity index (χ1n) is 6.13. The van der Waals surface area contributed by atoms with Crippen molar-refractivity contribution in [3.05, 3.63) is 22.4 Å². The molecule has 1 amide bonds. The maximum Gasteiger partial charge on any atom is 0.268 e. The smallest absolute Gasteiger partial charge is 0.268 e. The third-order valence-corrected chi connectivity index (χ3v) is 3.82. The minimum Gasteiger partial charge on any atom is -0.347 e. The van der Waals surface area contributed by atoms with Gasteiger partial charge >= 0.3 is 0 Å². The van der Waals surface area contributed by atoms with Crippen LogP contribution in [0.3, 0.4) is 0 Å². The molecule has 1 aromatic heterocycles. The minimum atomic E-state index is 0.0521. The summed E-state index contributed by atoms with van der Waals surface area (Å²) in [5.74, 6) is 0.0521. The largest absolute Gasteiger partial charge is 0.347 e. The highest BCUT2D eigenvalue weighted by Crippen LogP contribution is 2.37. The molecule has 3 rings (SSSR count). The van der Waals surface area contributed by atoms with Crippen LogP contribution in [0.15, 0.2) is 16.7 Å². The van der Waals surface area contributed by atoms with Crippen molar-refractivity contribution in [1.82, 2.24) is 15.2 Å². The number of amides is 1. The van der Waals surface area contributed by atoms with E-state index in [0.29, 0.717) is 6.04 Å². The van der Waals surface area contributed by atoms with Gasteiger partial charge < -0.3 is 15.2 Å². The summed E-state index contributed by atoms with van der Waals surface area (Å²) in [5.41, 5.74) is 0.784. The van der Waals surface area contributed by atoms with Crippen molar-refractivity contribution in [2.75, 3.05) is 13.1 Å². The Balaban J connectivity index is 1.75. The molecule has 0 spiro atoms. The molecule has 2 N–H and O–H groups in total. The molecule has 2 heterocycles. The Labute approximate surface area is 109 Å². The van der Waals surface area contributed by atoms with E-state index >= 15 is 0 Å². The highest BCUT2D eigenvalue weighted by Gasteiger charge is 2.28. The molecule has 1 aliphatic heterocycles. The van der Waals surface area contributed by atoms with Crippen molar-refractivity contribution in [2.45, 2.75) is 31.3 Å². The van der Waals surface area contributed by atoms with Gasteiger partial charge in [-0.25, -0.2) is 0 Å². The lowest BCUT2D eigenvalue weighted by atomic mass is 10.2. The van der Waals surface area contributed by atoms with Crippen molar-refractivity contribution >= 4 is 21.8 Å². The normalized spacial score (nSPS) is 23.9. The minimum absolute atomic E-state index is 0.0521. The number of carbonyl (C=O) groups excluding carboxylic acids is 1. The van der Waals surface area contributed by atoms with Crippen LogP contribution in [0.1, 0.15) is 35.8 Å². The maximum absolute atomic E-state index is 12.2. The van der Waals surface area contributed by atoms with E-state index in [4.69, 9.17) is 0 Å². The lowest BCUT2D eigenvalue weighted by Crippen LogP contribution is -2.37. The van der Waals surface area contributed by atoms with E-state index in [9.17, 15) is 4.79 Å². The molecule has 2 fully saturated rings. The molecule has 1 atom stereocenters. The molecule has 0 aromatic carbocycles. The molecule has 1 saturated carbocycles. The van der Waals surface area contributed by atoms with E-state index < -0.39 is 0 Å². The van der Waals surface area contributed by atoms with Gasteiger partial charge in [0.15, 0.2) is 0 Å². The molecule has 0 radical (unpaired) electrons. The van der Waals surface area contributed by atoms with Gasteiger partial charge in [0.2, 0.25) is 0 Å². The summed E-state index contributed by atoms with van der Waals surface area (Å²) in [6.45, 7) is 1.88. The van der Waals surface area contributed by atoms with Crippen LogP contribution >= 0.6 is 15.9 Å². The second kappa shape index (κ2) is 4.46. The van der Waals surface area contributed by atoms with Gasteiger partial charge in [-0.1, -0.05) is 0 Å². The van der Waals surface area contributed by atoms with Gasteiger partial charge in [-0.15, -0.1) is 0 Å². The summed E-state index contributed by atoms with van der Waals surface area (Å²) in [5, 5.41) is 6.34. The molecule has 5 heteroatoms. The van der Waals surface area contributed by atoms with Gasteiger partial charge in [0.05, 0.1) is 0 Å². The fourth-order valence-electron chi connectivity index (χ4n) is 2.32. The van der Waals surface area contributed by atoms with Crippen LogP contribution in [-0.2, 0) is 0 Å². The Hall–Kier alpha value is -0.810. The fraction of sp³-hybridized carbons (Fsp3) is 0.583. The number of halogens is 1. The fourth-order valence-corrected chi connectivity index (χ4v) is 2.76. The second-order valence-corrected chi connectivity index (χ2v) is 5.76. The summed E-state index contributed by atoms with van der Waals surface area (Å²) in [4.78, 5) is 12.2. The Morgan fingerprint density at radius 3 is 2.94 bits per heavy atom. The zero-order valence-corrected chi connectivity index (χ0v) is 11.2. The molecular weight excluding hydrogens is 282 g/mol. The number of hydrogen-bond donors (Lipinski definition) is 2. The van der Waals surface area contributed by atoms with Gasteiger partial charge in [-0.2, -0.15) is 0 Å². The number of rotatable bonds is 3. The summed E-state index contributed by atoms with van der Waals surface area (Å²) in [6, 6.07) is 2.73. The number of hydrogen-bond acceptors (Lipinski definition) is 2. The second-order valence-electron chi connectivity index (χ2n) is 4.85. The van der Waals surface area contributed by atoms with Crippen LogP contribution in [0.5, 0.6) is 0 Å². The van der Waals surface area contributed by atoms with Crippen LogP contribution in [0.4, 0.5) is 0 Å². The van der Waals surface area contributed by atoms with Crippen LogP contribution in [0, 0.1) is 0 Å². The molecule has 1 saturated heterocycles. The lowest BCUT2D eigenvalue weighted by Gasteiger charge is -2.12. The van der Waals surface area contributed by atoms with Crippen molar-refractivity contribution in [3.63, 3.8) is 0 Å². The van der Waals surface area contributed by atoms with E-state index in [0.717, 1.165) is 29.7 Å². The summed E-state index contributed by atoms with van der Waals surface area (Å²) >= 11 is 3.45. The van der Waals surface area contributed by atoms with Gasteiger partial charge in [0.1, 0.15) is 5.69 Å². The third kappa shape index (κ3) is 2.40. The monoisotopic (exact) mass is 297 g/mol. The first-order chi connectivity index (χ1) is 8.24. The Morgan fingerprint density at radius 2 is 2.29 bits per heavy atom. The highest BCUT2D eigenvalue weighted by atomic mass is 79.9. The average molecular weight is 298 g/mol. The zero-order valence-electron chi connectivity index (χ0n) is 9.58. The summed E-state index contributed by atoms with van der Waals surface area (Å²) in [6.07, 6.45) is 5.41. The molecule has 17 heavy (non-hydrogen) atoms. The van der Waals surface area contributed by atoms with E-state index in [1.807, 2.05) is 12.3 Å². The molecule has 0 bridgehead atoms. The Kier molecular flexibility index (Phi) is 2.96. The van der Waals surface area contributed by atoms with Gasteiger partial charge in [0.25, 0.3) is 5.91 Å². The quantitative estimate of drug-likeness (QED) is 0.892. The average Bonchev–Trinajstić information content (AvgIpc) is 2.88. The van der Waals surface area contributed by atoms with Crippen molar-refractivity contribution in [1.29, 1.82) is 0 Å². The van der Waals surface area contributed by atoms with Crippen molar-refractivity contribution < 1.29 is 4.79 Å². The van der Waals surface area contributed by atoms with E-state index in [2.05, 4.69) is 31.1 Å². The third-order valence-electron chi connectivity index (χ3n) is 3.38. The lowest BCUT2D eigenvalue weighted by molar-refractivity contribution is 0.0930. The summed E-state index contributed by atoms with van der Waals surface area (Å²) < 4.78 is 3.08. The van der Waals surface area contributed by atoms with E-state index in [1.165, 1.54) is 12.8 Å². The van der Waals surface area contributed by atoms with Crippen LogP contribution in [0.25, 0.3) is 0 Å². The Bertz CT molecular complexity index is 433. The van der Waals surface area contributed by atoms with Gasteiger partial charge in [-0.05, 0) is 47.8 Å². The van der Waals surface area contributed by atoms with Gasteiger partial charge in [-0.3, -0.25) is 4.79 Å². The molecule has 2 aliphatic rings. The first kappa shape index (κ1) is 11.3.